The van der Waals surface area contributed by atoms with Gasteiger partial charge in [0.05, 0.1) is 6.10 Å². The van der Waals surface area contributed by atoms with Crippen LogP contribution in [-0.2, 0) is 19.0 Å². The van der Waals surface area contributed by atoms with Crippen molar-refractivity contribution in [1.82, 2.24) is 0 Å². The minimum Gasteiger partial charge on any atom is -0.508 e. The molecule has 0 aromatic heterocycles. The number of hydrogen-bond donors (Lipinski definition) is 3. The van der Waals surface area contributed by atoms with Gasteiger partial charge in [0.15, 0.2) is 0 Å². The average Bonchev–Trinajstić information content (AvgIpc) is 2.89. The summed E-state index contributed by atoms with van der Waals surface area (Å²) in [5.74, 6) is -0.0562. The van der Waals surface area contributed by atoms with E-state index in [9.17, 15) is 20.1 Å². The Morgan fingerprint density at radius 2 is 1.68 bits per heavy atom. The molecule has 1 heterocycles. The molecule has 208 valence electrons. The highest BCUT2D eigenvalue weighted by atomic mass is 16.7. The van der Waals surface area contributed by atoms with Crippen LogP contribution in [0.4, 0.5) is 0 Å². The number of phenolic OH excluding ortho intramolecular Hbond substituents is 2. The molecule has 1 aliphatic heterocycles. The third-order valence-corrected chi connectivity index (χ3v) is 6.72. The van der Waals surface area contributed by atoms with Gasteiger partial charge in [-0.2, -0.15) is 0 Å². The molecule has 8 nitrogen and oxygen atoms in total. The van der Waals surface area contributed by atoms with Crippen molar-refractivity contribution < 1.29 is 39.1 Å². The van der Waals surface area contributed by atoms with Crippen molar-refractivity contribution in [2.75, 3.05) is 13.7 Å². The molecule has 5 atom stereocenters. The third kappa shape index (κ3) is 8.75. The van der Waals surface area contributed by atoms with E-state index in [1.807, 2.05) is 13.0 Å². The normalized spacial score (nSPS) is 23.4. The Kier molecular flexibility index (Phi) is 11.5. The van der Waals surface area contributed by atoms with Crippen molar-refractivity contribution in [3.63, 3.8) is 0 Å². The second kappa shape index (κ2) is 14.8. The van der Waals surface area contributed by atoms with Gasteiger partial charge in [-0.05, 0) is 41.8 Å². The van der Waals surface area contributed by atoms with Gasteiger partial charge < -0.3 is 34.3 Å². The molecule has 0 amide bonds. The van der Waals surface area contributed by atoms with Gasteiger partial charge in [0.2, 0.25) is 6.29 Å². The van der Waals surface area contributed by atoms with Gasteiger partial charge in [0, 0.05) is 25.5 Å². The van der Waals surface area contributed by atoms with E-state index < -0.39 is 24.6 Å². The van der Waals surface area contributed by atoms with Gasteiger partial charge in [0.25, 0.3) is 0 Å². The van der Waals surface area contributed by atoms with Gasteiger partial charge in [-0.25, -0.2) is 0 Å². The molecule has 1 fully saturated rings. The number of carbonyl (C=O) groups excluding carboxylic acids is 1. The summed E-state index contributed by atoms with van der Waals surface area (Å²) in [4.78, 5) is 12.2. The Bertz CT molecular complexity index is 1040. The largest absolute Gasteiger partial charge is 0.508 e. The van der Waals surface area contributed by atoms with Crippen molar-refractivity contribution in [1.29, 1.82) is 0 Å². The van der Waals surface area contributed by atoms with Gasteiger partial charge in [-0.3, -0.25) is 4.79 Å². The monoisotopic (exact) mass is 528 g/mol. The second-order valence-electron chi connectivity index (χ2n) is 9.74. The number of aliphatic hydroxyl groups is 1. The zero-order valence-electron chi connectivity index (χ0n) is 22.4. The molecule has 8 heteroatoms. The number of esters is 1. The molecule has 3 N–H and O–H groups in total. The van der Waals surface area contributed by atoms with Crippen molar-refractivity contribution in [3.8, 4) is 17.2 Å². The summed E-state index contributed by atoms with van der Waals surface area (Å²) >= 11 is 0. The molecule has 3 rings (SSSR count). The molecule has 0 aliphatic carbocycles. The lowest BCUT2D eigenvalue weighted by Crippen LogP contribution is -2.57. The minimum atomic E-state index is -1.10. The second-order valence-corrected chi connectivity index (χ2v) is 9.74. The maximum atomic E-state index is 12.2. The Labute approximate surface area is 224 Å². The molecular formula is C30H40O8. The van der Waals surface area contributed by atoms with E-state index in [2.05, 4.69) is 6.92 Å². The van der Waals surface area contributed by atoms with Crippen molar-refractivity contribution in [3.05, 3.63) is 53.6 Å². The molecule has 1 saturated heterocycles. The summed E-state index contributed by atoms with van der Waals surface area (Å²) in [6, 6.07) is 11.4. The Balaban J connectivity index is 1.63. The number of ether oxygens (including phenoxy) is 4. The lowest BCUT2D eigenvalue weighted by Gasteiger charge is -2.42. The standard InChI is InChI=1S/C30H40O8/c1-4-5-6-7-8-9-27(33)36-19-26-20(2)29(35-3)28(34)30(38-26)37-25-17-22(16-24(32)18-25)11-10-21-12-14-23(31)15-13-21/h10-18,20,26,28-32,34H,4-9,19H2,1-3H3/b11-10+. The van der Waals surface area contributed by atoms with Crippen LogP contribution in [0, 0.1) is 5.92 Å². The molecular weight excluding hydrogens is 488 g/mol. The fourth-order valence-corrected chi connectivity index (χ4v) is 4.50. The molecule has 2 aromatic rings. The zero-order chi connectivity index (χ0) is 27.5. The highest BCUT2D eigenvalue weighted by molar-refractivity contribution is 5.71. The van der Waals surface area contributed by atoms with Gasteiger partial charge in [-0.15, -0.1) is 0 Å². The third-order valence-electron chi connectivity index (χ3n) is 6.72. The molecule has 0 bridgehead atoms. The number of hydrogen-bond acceptors (Lipinski definition) is 8. The Morgan fingerprint density at radius 3 is 2.39 bits per heavy atom. The van der Waals surface area contributed by atoms with Crippen molar-refractivity contribution in [2.45, 2.75) is 77.0 Å². The van der Waals surface area contributed by atoms with E-state index in [0.29, 0.717) is 17.7 Å². The van der Waals surface area contributed by atoms with Crippen LogP contribution < -0.4 is 4.74 Å². The molecule has 1 aliphatic rings. The van der Waals surface area contributed by atoms with Crippen LogP contribution in [0.5, 0.6) is 17.2 Å². The van der Waals surface area contributed by atoms with Gasteiger partial charge in [-0.1, -0.05) is 63.8 Å². The topological polar surface area (TPSA) is 115 Å². The van der Waals surface area contributed by atoms with Crippen LogP contribution >= 0.6 is 0 Å². The number of aromatic hydroxyl groups is 2. The number of unbranched alkanes of at least 4 members (excludes halogenated alkanes) is 4. The highest BCUT2D eigenvalue weighted by Crippen LogP contribution is 2.32. The van der Waals surface area contributed by atoms with Gasteiger partial charge in [0.1, 0.15) is 36.1 Å². The van der Waals surface area contributed by atoms with Gasteiger partial charge >= 0.3 is 5.97 Å². The van der Waals surface area contributed by atoms with E-state index >= 15 is 0 Å². The van der Waals surface area contributed by atoms with Crippen LogP contribution in [0.25, 0.3) is 12.2 Å². The van der Waals surface area contributed by atoms with E-state index in [-0.39, 0.29) is 30.0 Å². The maximum absolute atomic E-state index is 12.2. The summed E-state index contributed by atoms with van der Waals surface area (Å²) < 4.78 is 23.0. The first-order valence-electron chi connectivity index (χ1n) is 13.3. The summed E-state index contributed by atoms with van der Waals surface area (Å²) in [5, 5.41) is 30.6. The minimum absolute atomic E-state index is 0.0146. The number of rotatable bonds is 13. The van der Waals surface area contributed by atoms with E-state index in [1.165, 1.54) is 19.6 Å². The first kappa shape index (κ1) is 29.5. The Hall–Kier alpha value is -3.07. The summed E-state index contributed by atoms with van der Waals surface area (Å²) in [6.07, 6.45) is 5.90. The molecule has 5 unspecified atom stereocenters. The quantitative estimate of drug-likeness (QED) is 0.183. The first-order valence-corrected chi connectivity index (χ1v) is 13.3. The predicted molar refractivity (Wildman–Crippen MR) is 145 cm³/mol. The Morgan fingerprint density at radius 1 is 0.974 bits per heavy atom. The van der Waals surface area contributed by atoms with Crippen LogP contribution in [0.2, 0.25) is 0 Å². The number of phenols is 2. The molecule has 0 saturated carbocycles. The van der Waals surface area contributed by atoms with E-state index in [0.717, 1.165) is 31.2 Å². The van der Waals surface area contributed by atoms with Crippen LogP contribution in [0.3, 0.4) is 0 Å². The zero-order valence-corrected chi connectivity index (χ0v) is 22.4. The lowest BCUT2D eigenvalue weighted by atomic mass is 9.91. The summed E-state index contributed by atoms with van der Waals surface area (Å²) in [7, 11) is 1.51. The smallest absolute Gasteiger partial charge is 0.305 e. The van der Waals surface area contributed by atoms with Crippen molar-refractivity contribution in [2.24, 2.45) is 5.92 Å². The molecule has 0 radical (unpaired) electrons. The van der Waals surface area contributed by atoms with E-state index in [4.69, 9.17) is 18.9 Å². The summed E-state index contributed by atoms with van der Waals surface area (Å²) in [5.41, 5.74) is 1.54. The summed E-state index contributed by atoms with van der Waals surface area (Å²) in [6.45, 7) is 4.05. The lowest BCUT2D eigenvalue weighted by molar-refractivity contribution is -0.266. The van der Waals surface area contributed by atoms with Crippen molar-refractivity contribution >= 4 is 18.1 Å². The highest BCUT2D eigenvalue weighted by Gasteiger charge is 2.45. The average molecular weight is 529 g/mol. The fraction of sp³-hybridized carbons (Fsp3) is 0.500. The van der Waals surface area contributed by atoms with Crippen LogP contribution in [-0.4, -0.2) is 59.6 Å². The molecule has 38 heavy (non-hydrogen) atoms. The fourth-order valence-electron chi connectivity index (χ4n) is 4.50. The maximum Gasteiger partial charge on any atom is 0.305 e. The molecule has 2 aromatic carbocycles. The van der Waals surface area contributed by atoms with Crippen LogP contribution in [0.15, 0.2) is 42.5 Å². The first-order chi connectivity index (χ1) is 18.3. The number of benzene rings is 2. The molecule has 0 spiro atoms. The van der Waals surface area contributed by atoms with E-state index in [1.54, 1.807) is 42.5 Å². The number of aliphatic hydroxyl groups excluding tert-OH is 1. The number of carbonyl (C=O) groups is 1. The van der Waals surface area contributed by atoms with Crippen LogP contribution in [0.1, 0.15) is 63.5 Å². The predicted octanol–water partition coefficient (Wildman–Crippen LogP) is 5.29. The number of methoxy groups -OCH3 is 1. The SMILES string of the molecule is CCCCCCCC(=O)OCC1OC(Oc2cc(O)cc(/C=C/c3ccc(O)cc3)c2)C(O)C(OC)C1C.